The molecule has 7 heteroatoms. The number of hydrogen-bond donors (Lipinski definition) is 3. The average Bonchev–Trinajstić information content (AvgIpc) is 2.74. The quantitative estimate of drug-likeness (QED) is 0.534. The Hall–Kier alpha value is -3.29. The lowest BCUT2D eigenvalue weighted by Gasteiger charge is -2.19. The number of rotatable bonds is 6. The van der Waals surface area contributed by atoms with Crippen LogP contribution in [0.4, 0.5) is 10.2 Å². The number of halogens is 1. The third kappa shape index (κ3) is 5.87. The molecule has 162 valence electrons. The van der Waals surface area contributed by atoms with Crippen molar-refractivity contribution in [2.24, 2.45) is 5.41 Å². The van der Waals surface area contributed by atoms with Crippen molar-refractivity contribution < 1.29 is 24.1 Å². The summed E-state index contributed by atoms with van der Waals surface area (Å²) in [5.74, 6) is 0.792. The van der Waals surface area contributed by atoms with Crippen LogP contribution in [0.25, 0.3) is 11.3 Å². The Labute approximate surface area is 180 Å². The van der Waals surface area contributed by atoms with Crippen molar-refractivity contribution in [2.75, 3.05) is 11.9 Å². The maximum Gasteiger partial charge on any atom is 0.230 e. The Morgan fingerprint density at radius 1 is 1.06 bits per heavy atom. The minimum Gasteiger partial charge on any atom is -0.457 e. The molecule has 0 unspecified atom stereocenters. The van der Waals surface area contributed by atoms with Crippen LogP contribution in [0.5, 0.6) is 11.5 Å². The number of pyridine rings is 1. The van der Waals surface area contributed by atoms with E-state index in [1.165, 1.54) is 24.3 Å². The smallest absolute Gasteiger partial charge is 0.230 e. The number of amides is 1. The SMILES string of the molecule is CC(C)(C)C(=O)Nc1cc([C@H](O)CO)cc(-c2ccc(Oc3ccc(F)cc3)cc2)n1. The van der Waals surface area contributed by atoms with Gasteiger partial charge in [0.1, 0.15) is 29.2 Å². The molecule has 0 radical (unpaired) electrons. The molecule has 1 heterocycles. The molecule has 1 amide bonds. The molecule has 0 aliphatic heterocycles. The number of hydrogen-bond acceptors (Lipinski definition) is 5. The zero-order chi connectivity index (χ0) is 22.6. The number of nitrogens with one attached hydrogen (secondary N) is 1. The first-order chi connectivity index (χ1) is 14.7. The van der Waals surface area contributed by atoms with E-state index in [2.05, 4.69) is 10.3 Å². The van der Waals surface area contributed by atoms with E-state index < -0.39 is 18.1 Å². The number of ether oxygens (including phenoxy) is 1. The number of benzene rings is 2. The first kappa shape index (κ1) is 22.4. The van der Waals surface area contributed by atoms with Gasteiger partial charge in [-0.1, -0.05) is 20.8 Å². The Bertz CT molecular complexity index is 1040. The molecule has 31 heavy (non-hydrogen) atoms. The van der Waals surface area contributed by atoms with Gasteiger partial charge in [-0.05, 0) is 66.2 Å². The van der Waals surface area contributed by atoms with Gasteiger partial charge in [-0.3, -0.25) is 4.79 Å². The van der Waals surface area contributed by atoms with Crippen LogP contribution in [0.2, 0.25) is 0 Å². The summed E-state index contributed by atoms with van der Waals surface area (Å²) >= 11 is 0. The van der Waals surface area contributed by atoms with Crippen molar-refractivity contribution in [3.63, 3.8) is 0 Å². The van der Waals surface area contributed by atoms with Gasteiger partial charge in [0.15, 0.2) is 0 Å². The highest BCUT2D eigenvalue weighted by molar-refractivity contribution is 5.94. The van der Waals surface area contributed by atoms with Crippen LogP contribution in [0, 0.1) is 11.2 Å². The molecule has 0 aliphatic carbocycles. The zero-order valence-electron chi connectivity index (χ0n) is 17.6. The lowest BCUT2D eigenvalue weighted by atomic mass is 9.95. The molecule has 3 N–H and O–H groups in total. The van der Waals surface area contributed by atoms with Gasteiger partial charge < -0.3 is 20.3 Å². The van der Waals surface area contributed by atoms with E-state index in [1.54, 1.807) is 57.2 Å². The molecule has 3 rings (SSSR count). The fraction of sp³-hybridized carbons (Fsp3) is 0.250. The first-order valence-electron chi connectivity index (χ1n) is 9.82. The molecule has 0 fully saturated rings. The molecular weight excluding hydrogens is 399 g/mol. The van der Waals surface area contributed by atoms with Crippen LogP contribution in [0.15, 0.2) is 60.7 Å². The van der Waals surface area contributed by atoms with Gasteiger partial charge in [0.2, 0.25) is 5.91 Å². The summed E-state index contributed by atoms with van der Waals surface area (Å²) in [5, 5.41) is 22.2. The number of nitrogens with zero attached hydrogens (tertiary/aromatic N) is 1. The van der Waals surface area contributed by atoms with Crippen molar-refractivity contribution in [1.82, 2.24) is 4.98 Å². The largest absolute Gasteiger partial charge is 0.457 e. The van der Waals surface area contributed by atoms with Crippen LogP contribution in [-0.2, 0) is 4.79 Å². The molecular formula is C24H25FN2O4. The highest BCUT2D eigenvalue weighted by Gasteiger charge is 2.22. The second-order valence-electron chi connectivity index (χ2n) is 8.15. The topological polar surface area (TPSA) is 91.7 Å². The normalized spacial score (nSPS) is 12.3. The van der Waals surface area contributed by atoms with E-state index in [9.17, 15) is 19.4 Å². The molecule has 6 nitrogen and oxygen atoms in total. The molecule has 1 atom stereocenters. The minimum absolute atomic E-state index is 0.218. The number of carbonyl (C=O) groups is 1. The van der Waals surface area contributed by atoms with Gasteiger partial charge in [-0.25, -0.2) is 9.37 Å². The van der Waals surface area contributed by atoms with Gasteiger partial charge in [0, 0.05) is 11.0 Å². The molecule has 0 saturated heterocycles. The van der Waals surface area contributed by atoms with Crippen molar-refractivity contribution in [1.29, 1.82) is 0 Å². The maximum atomic E-state index is 13.0. The van der Waals surface area contributed by atoms with Crippen molar-refractivity contribution >= 4 is 11.7 Å². The van der Waals surface area contributed by atoms with Crippen LogP contribution in [-0.4, -0.2) is 27.7 Å². The molecule has 3 aromatic rings. The van der Waals surface area contributed by atoms with E-state index in [4.69, 9.17) is 4.74 Å². The summed E-state index contributed by atoms with van der Waals surface area (Å²) < 4.78 is 18.7. The molecule has 0 aliphatic rings. The predicted octanol–water partition coefficient (Wildman–Crippen LogP) is 4.69. The fourth-order valence-corrected chi connectivity index (χ4v) is 2.70. The highest BCUT2D eigenvalue weighted by Crippen LogP contribution is 2.29. The Balaban J connectivity index is 1.88. The Kier molecular flexibility index (Phi) is 6.68. The lowest BCUT2D eigenvalue weighted by Crippen LogP contribution is -2.28. The number of aliphatic hydroxyl groups is 2. The van der Waals surface area contributed by atoms with E-state index in [0.717, 1.165) is 5.56 Å². The second kappa shape index (κ2) is 9.24. The predicted molar refractivity (Wildman–Crippen MR) is 116 cm³/mol. The number of aliphatic hydroxyl groups excluding tert-OH is 2. The number of anilines is 1. The molecule has 2 aromatic carbocycles. The second-order valence-corrected chi connectivity index (χ2v) is 8.15. The highest BCUT2D eigenvalue weighted by atomic mass is 19.1. The summed E-state index contributed by atoms with van der Waals surface area (Å²) in [6.07, 6.45) is -1.10. The Morgan fingerprint density at radius 2 is 1.65 bits per heavy atom. The maximum absolute atomic E-state index is 13.0. The average molecular weight is 424 g/mol. The van der Waals surface area contributed by atoms with Crippen LogP contribution < -0.4 is 10.1 Å². The van der Waals surface area contributed by atoms with E-state index >= 15 is 0 Å². The zero-order valence-corrected chi connectivity index (χ0v) is 17.6. The first-order valence-corrected chi connectivity index (χ1v) is 9.82. The third-order valence-corrected chi connectivity index (χ3v) is 4.53. The van der Waals surface area contributed by atoms with Crippen LogP contribution in [0.1, 0.15) is 32.4 Å². The van der Waals surface area contributed by atoms with Gasteiger partial charge in [0.05, 0.1) is 12.3 Å². The van der Waals surface area contributed by atoms with Crippen molar-refractivity contribution in [3.8, 4) is 22.8 Å². The van der Waals surface area contributed by atoms with Crippen molar-refractivity contribution in [2.45, 2.75) is 26.9 Å². The third-order valence-electron chi connectivity index (χ3n) is 4.53. The summed E-state index contributed by atoms with van der Waals surface area (Å²) in [4.78, 5) is 16.9. The van der Waals surface area contributed by atoms with Gasteiger partial charge in [-0.15, -0.1) is 0 Å². The summed E-state index contributed by atoms with van der Waals surface area (Å²) in [6.45, 7) is 4.90. The van der Waals surface area contributed by atoms with Crippen molar-refractivity contribution in [3.05, 3.63) is 72.0 Å². The number of carbonyl (C=O) groups excluding carboxylic acids is 1. The summed E-state index contributed by atoms with van der Waals surface area (Å²) in [5.41, 5.74) is 1.06. The van der Waals surface area contributed by atoms with Gasteiger partial charge >= 0.3 is 0 Å². The monoisotopic (exact) mass is 424 g/mol. The molecule has 0 saturated carbocycles. The lowest BCUT2D eigenvalue weighted by molar-refractivity contribution is -0.123. The molecule has 0 bridgehead atoms. The fourth-order valence-electron chi connectivity index (χ4n) is 2.70. The van der Waals surface area contributed by atoms with E-state index in [-0.39, 0.29) is 17.5 Å². The molecule has 1 aromatic heterocycles. The van der Waals surface area contributed by atoms with Gasteiger partial charge in [-0.2, -0.15) is 0 Å². The standard InChI is InChI=1S/C24H25FN2O4/c1-24(2,3)23(30)27-22-13-16(21(29)14-28)12-20(26-22)15-4-8-18(9-5-15)31-19-10-6-17(25)7-11-19/h4-13,21,28-29H,14H2,1-3H3,(H,26,27,30)/t21-/m1/s1. The number of aromatic nitrogens is 1. The van der Waals surface area contributed by atoms with Crippen LogP contribution in [0.3, 0.4) is 0 Å². The summed E-state index contributed by atoms with van der Waals surface area (Å²) in [7, 11) is 0. The summed E-state index contributed by atoms with van der Waals surface area (Å²) in [6, 6.07) is 16.0. The minimum atomic E-state index is -1.10. The Morgan fingerprint density at radius 3 is 2.19 bits per heavy atom. The van der Waals surface area contributed by atoms with E-state index in [1.807, 2.05) is 0 Å². The van der Waals surface area contributed by atoms with Crippen LogP contribution >= 0.6 is 0 Å². The van der Waals surface area contributed by atoms with Gasteiger partial charge in [0.25, 0.3) is 0 Å². The van der Waals surface area contributed by atoms with E-state index in [0.29, 0.717) is 22.8 Å². The molecule has 0 spiro atoms.